The molecule has 1 amide bonds. The standard InChI is InChI=1S/C13H19N3O2/c17-12(11-5-8-15-16-9-11)14-10-13(18)6-3-1-2-4-7-13/h5,8-9,18H,1-4,6-7,10H2,(H,14,17). The van der Waals surface area contributed by atoms with Crippen molar-refractivity contribution >= 4 is 5.91 Å². The maximum absolute atomic E-state index is 11.8. The molecule has 1 aromatic heterocycles. The van der Waals surface area contributed by atoms with Crippen molar-refractivity contribution in [3.8, 4) is 0 Å². The molecule has 0 unspecified atom stereocenters. The van der Waals surface area contributed by atoms with Gasteiger partial charge in [-0.1, -0.05) is 25.7 Å². The molecule has 5 nitrogen and oxygen atoms in total. The van der Waals surface area contributed by atoms with E-state index in [4.69, 9.17) is 0 Å². The zero-order valence-electron chi connectivity index (χ0n) is 10.4. The molecule has 1 fully saturated rings. The summed E-state index contributed by atoms with van der Waals surface area (Å²) < 4.78 is 0. The second kappa shape index (κ2) is 5.91. The van der Waals surface area contributed by atoms with E-state index in [-0.39, 0.29) is 5.91 Å². The first-order valence-electron chi connectivity index (χ1n) is 6.47. The Balaban J connectivity index is 1.88. The maximum Gasteiger partial charge on any atom is 0.253 e. The van der Waals surface area contributed by atoms with Gasteiger partial charge in [0.2, 0.25) is 0 Å². The topological polar surface area (TPSA) is 75.1 Å². The molecule has 18 heavy (non-hydrogen) atoms. The van der Waals surface area contributed by atoms with Gasteiger partial charge in [0.25, 0.3) is 5.91 Å². The first-order valence-corrected chi connectivity index (χ1v) is 6.47. The number of amides is 1. The molecule has 1 saturated carbocycles. The third kappa shape index (κ3) is 3.50. The fraction of sp³-hybridized carbons (Fsp3) is 0.615. The predicted octanol–water partition coefficient (Wildman–Crippen LogP) is 1.29. The summed E-state index contributed by atoms with van der Waals surface area (Å²) in [6, 6.07) is 1.61. The monoisotopic (exact) mass is 249 g/mol. The van der Waals surface area contributed by atoms with Crippen LogP contribution in [-0.2, 0) is 0 Å². The first kappa shape index (κ1) is 13.0. The highest BCUT2D eigenvalue weighted by Crippen LogP contribution is 2.26. The van der Waals surface area contributed by atoms with Crippen molar-refractivity contribution in [2.45, 2.75) is 44.1 Å². The van der Waals surface area contributed by atoms with E-state index < -0.39 is 5.60 Å². The van der Waals surface area contributed by atoms with Crippen LogP contribution in [0.4, 0.5) is 0 Å². The van der Waals surface area contributed by atoms with E-state index in [1.165, 1.54) is 25.2 Å². The van der Waals surface area contributed by atoms with Crippen LogP contribution in [0.3, 0.4) is 0 Å². The minimum Gasteiger partial charge on any atom is -0.388 e. The van der Waals surface area contributed by atoms with Crippen LogP contribution in [0.25, 0.3) is 0 Å². The highest BCUT2D eigenvalue weighted by Gasteiger charge is 2.28. The van der Waals surface area contributed by atoms with E-state index in [1.54, 1.807) is 6.07 Å². The Morgan fingerprint density at radius 2 is 2.00 bits per heavy atom. The lowest BCUT2D eigenvalue weighted by Crippen LogP contribution is -2.42. The zero-order chi connectivity index (χ0) is 12.8. The third-order valence-corrected chi connectivity index (χ3v) is 3.46. The van der Waals surface area contributed by atoms with Gasteiger partial charge in [-0.2, -0.15) is 10.2 Å². The van der Waals surface area contributed by atoms with Gasteiger partial charge in [-0.3, -0.25) is 4.79 Å². The number of aromatic nitrogens is 2. The summed E-state index contributed by atoms with van der Waals surface area (Å²) >= 11 is 0. The van der Waals surface area contributed by atoms with Crippen LogP contribution in [0.5, 0.6) is 0 Å². The number of nitrogens with one attached hydrogen (secondary N) is 1. The van der Waals surface area contributed by atoms with Crippen LogP contribution in [0.15, 0.2) is 18.5 Å². The highest BCUT2D eigenvalue weighted by atomic mass is 16.3. The largest absolute Gasteiger partial charge is 0.388 e. The molecular weight excluding hydrogens is 230 g/mol. The van der Waals surface area contributed by atoms with Gasteiger partial charge in [0.15, 0.2) is 0 Å². The Kier molecular flexibility index (Phi) is 4.25. The van der Waals surface area contributed by atoms with Gasteiger partial charge >= 0.3 is 0 Å². The lowest BCUT2D eigenvalue weighted by atomic mass is 9.94. The highest BCUT2D eigenvalue weighted by molar-refractivity contribution is 5.93. The van der Waals surface area contributed by atoms with Crippen LogP contribution in [-0.4, -0.2) is 33.4 Å². The van der Waals surface area contributed by atoms with E-state index in [9.17, 15) is 9.90 Å². The van der Waals surface area contributed by atoms with E-state index in [0.29, 0.717) is 12.1 Å². The molecular formula is C13H19N3O2. The number of hydrogen-bond acceptors (Lipinski definition) is 4. The predicted molar refractivity (Wildman–Crippen MR) is 67.0 cm³/mol. The molecule has 0 atom stereocenters. The van der Waals surface area contributed by atoms with Gasteiger partial charge in [0.05, 0.1) is 23.6 Å². The summed E-state index contributed by atoms with van der Waals surface area (Å²) in [5.74, 6) is -0.206. The molecule has 0 aromatic carbocycles. The van der Waals surface area contributed by atoms with Crippen molar-refractivity contribution in [1.29, 1.82) is 0 Å². The average Bonchev–Trinajstić information content (AvgIpc) is 2.62. The van der Waals surface area contributed by atoms with Crippen molar-refractivity contribution in [3.05, 3.63) is 24.0 Å². The molecule has 1 heterocycles. The van der Waals surface area contributed by atoms with Crippen LogP contribution in [0, 0.1) is 0 Å². The summed E-state index contributed by atoms with van der Waals surface area (Å²) in [5, 5.41) is 20.5. The fourth-order valence-corrected chi connectivity index (χ4v) is 2.34. The van der Waals surface area contributed by atoms with Crippen LogP contribution in [0.1, 0.15) is 48.9 Å². The molecule has 2 N–H and O–H groups in total. The Hall–Kier alpha value is -1.49. The van der Waals surface area contributed by atoms with Gasteiger partial charge in [0, 0.05) is 6.54 Å². The second-order valence-electron chi connectivity index (χ2n) is 4.95. The van der Waals surface area contributed by atoms with Gasteiger partial charge in [-0.05, 0) is 18.9 Å². The Morgan fingerprint density at radius 3 is 2.61 bits per heavy atom. The van der Waals surface area contributed by atoms with Crippen LogP contribution in [0.2, 0.25) is 0 Å². The number of carbonyl (C=O) groups excluding carboxylic acids is 1. The first-order chi connectivity index (χ1) is 8.70. The van der Waals surface area contributed by atoms with Crippen LogP contribution < -0.4 is 5.32 Å². The lowest BCUT2D eigenvalue weighted by Gasteiger charge is -2.26. The molecule has 0 saturated heterocycles. The van der Waals surface area contributed by atoms with Crippen molar-refractivity contribution in [2.75, 3.05) is 6.54 Å². The molecule has 5 heteroatoms. The van der Waals surface area contributed by atoms with Gasteiger partial charge in [-0.15, -0.1) is 0 Å². The lowest BCUT2D eigenvalue weighted by molar-refractivity contribution is 0.0246. The quantitative estimate of drug-likeness (QED) is 0.792. The zero-order valence-corrected chi connectivity index (χ0v) is 10.4. The van der Waals surface area contributed by atoms with E-state index >= 15 is 0 Å². The van der Waals surface area contributed by atoms with Crippen molar-refractivity contribution in [1.82, 2.24) is 15.5 Å². The SMILES string of the molecule is O=C(NCC1(O)CCCCCC1)c1ccnnc1. The van der Waals surface area contributed by atoms with E-state index in [2.05, 4.69) is 15.5 Å². The van der Waals surface area contributed by atoms with Gasteiger partial charge in [-0.25, -0.2) is 0 Å². The molecule has 98 valence electrons. The normalized spacial score (nSPS) is 18.9. The minimum absolute atomic E-state index is 0.206. The van der Waals surface area contributed by atoms with Crippen LogP contribution >= 0.6 is 0 Å². The molecule has 0 spiro atoms. The number of rotatable bonds is 3. The molecule has 1 aromatic rings. The number of carbonyl (C=O) groups is 1. The molecule has 0 radical (unpaired) electrons. The number of nitrogens with zero attached hydrogens (tertiary/aromatic N) is 2. The molecule has 1 aliphatic rings. The Morgan fingerprint density at radius 1 is 1.28 bits per heavy atom. The maximum atomic E-state index is 11.8. The molecule has 0 aliphatic heterocycles. The van der Waals surface area contributed by atoms with Crippen molar-refractivity contribution in [3.63, 3.8) is 0 Å². The Labute approximate surface area is 107 Å². The summed E-state index contributed by atoms with van der Waals surface area (Å²) in [6.45, 7) is 0.314. The summed E-state index contributed by atoms with van der Waals surface area (Å²) in [7, 11) is 0. The average molecular weight is 249 g/mol. The Bertz CT molecular complexity index is 386. The summed E-state index contributed by atoms with van der Waals surface area (Å²) in [4.78, 5) is 11.8. The fourth-order valence-electron chi connectivity index (χ4n) is 2.34. The number of aliphatic hydroxyl groups is 1. The van der Waals surface area contributed by atoms with Gasteiger partial charge < -0.3 is 10.4 Å². The smallest absolute Gasteiger partial charge is 0.253 e. The summed E-state index contributed by atoms with van der Waals surface area (Å²) in [5.41, 5.74) is -0.269. The summed E-state index contributed by atoms with van der Waals surface area (Å²) in [6.07, 6.45) is 8.84. The van der Waals surface area contributed by atoms with Crippen molar-refractivity contribution in [2.24, 2.45) is 0 Å². The molecule has 2 rings (SSSR count). The van der Waals surface area contributed by atoms with Crippen molar-refractivity contribution < 1.29 is 9.90 Å². The second-order valence-corrected chi connectivity index (χ2v) is 4.95. The molecule has 1 aliphatic carbocycles. The molecule has 0 bridgehead atoms. The number of hydrogen-bond donors (Lipinski definition) is 2. The van der Waals surface area contributed by atoms with E-state index in [1.807, 2.05) is 0 Å². The third-order valence-electron chi connectivity index (χ3n) is 3.46. The van der Waals surface area contributed by atoms with Gasteiger partial charge in [0.1, 0.15) is 0 Å². The van der Waals surface area contributed by atoms with E-state index in [0.717, 1.165) is 25.7 Å². The minimum atomic E-state index is -0.743.